The fourth-order valence-corrected chi connectivity index (χ4v) is 0.920. The van der Waals surface area contributed by atoms with Crippen molar-refractivity contribution in [1.29, 1.82) is 0 Å². The summed E-state index contributed by atoms with van der Waals surface area (Å²) in [6.07, 6.45) is 1.74. The molecule has 0 saturated heterocycles. The normalized spacial score (nSPS) is 8.62. The molecule has 0 radical (unpaired) electrons. The van der Waals surface area contributed by atoms with Gasteiger partial charge in [-0.3, -0.25) is 4.68 Å². The first-order valence-corrected chi connectivity index (χ1v) is 4.31. The van der Waals surface area contributed by atoms with Gasteiger partial charge in [0, 0.05) is 12.6 Å². The van der Waals surface area contributed by atoms with E-state index in [0.717, 1.165) is 17.0 Å². The molecule has 0 aliphatic rings. The van der Waals surface area contributed by atoms with Crippen LogP contribution >= 0.6 is 0 Å². The van der Waals surface area contributed by atoms with Crippen molar-refractivity contribution < 1.29 is 0 Å². The molecule has 1 aromatic rings. The van der Waals surface area contributed by atoms with E-state index in [4.69, 9.17) is 0 Å². The Balaban J connectivity index is 0.000000671. The Labute approximate surface area is 79.8 Å². The monoisotopic (exact) mass is 179 g/mol. The van der Waals surface area contributed by atoms with E-state index in [1.54, 1.807) is 10.9 Å². The fraction of sp³-hybridized carbons (Fsp3) is 0.400. The molecule has 0 unspecified atom stereocenters. The number of allylic oxidation sites excluding steroid dienone is 1. The molecule has 0 bridgehead atoms. The standard InChI is InChI=1S/C8H11N3.C2H6/c1-6(2)7-5-10-11(4)8(7)9-3;1-2/h5H,1,3H2,2,4H3;1-2H3. The van der Waals surface area contributed by atoms with Crippen LogP contribution in [0.2, 0.25) is 0 Å². The van der Waals surface area contributed by atoms with Crippen LogP contribution in [0.3, 0.4) is 0 Å². The first-order valence-electron chi connectivity index (χ1n) is 4.31. The molecule has 72 valence electrons. The van der Waals surface area contributed by atoms with Crippen molar-refractivity contribution in [3.05, 3.63) is 18.3 Å². The van der Waals surface area contributed by atoms with E-state index in [-0.39, 0.29) is 0 Å². The van der Waals surface area contributed by atoms with Crippen molar-refractivity contribution in [1.82, 2.24) is 9.78 Å². The summed E-state index contributed by atoms with van der Waals surface area (Å²) < 4.78 is 1.68. The van der Waals surface area contributed by atoms with Crippen molar-refractivity contribution in [2.75, 3.05) is 0 Å². The number of aryl methyl sites for hydroxylation is 1. The van der Waals surface area contributed by atoms with Crippen LogP contribution in [0.25, 0.3) is 5.57 Å². The lowest BCUT2D eigenvalue weighted by Gasteiger charge is -1.97. The van der Waals surface area contributed by atoms with E-state index in [1.807, 2.05) is 27.8 Å². The second-order valence-corrected chi connectivity index (χ2v) is 2.44. The van der Waals surface area contributed by atoms with E-state index in [9.17, 15) is 0 Å². The summed E-state index contributed by atoms with van der Waals surface area (Å²) in [5.74, 6) is 0.775. The molecule has 0 aliphatic carbocycles. The van der Waals surface area contributed by atoms with Gasteiger partial charge in [0.05, 0.1) is 6.20 Å². The van der Waals surface area contributed by atoms with Crippen molar-refractivity contribution >= 4 is 18.1 Å². The molecule has 0 aliphatic heterocycles. The van der Waals surface area contributed by atoms with Crippen LogP contribution in [-0.2, 0) is 7.05 Å². The van der Waals surface area contributed by atoms with Gasteiger partial charge < -0.3 is 0 Å². The molecule has 0 saturated carbocycles. The quantitative estimate of drug-likeness (QED) is 0.642. The summed E-state index contributed by atoms with van der Waals surface area (Å²) in [6.45, 7) is 13.2. The molecule has 13 heavy (non-hydrogen) atoms. The highest BCUT2D eigenvalue weighted by atomic mass is 15.3. The zero-order chi connectivity index (χ0) is 10.4. The van der Waals surface area contributed by atoms with Crippen LogP contribution in [0.4, 0.5) is 5.82 Å². The molecule has 0 amide bonds. The molecule has 1 aromatic heterocycles. The number of aliphatic imine (C=N–C) groups is 1. The largest absolute Gasteiger partial charge is 0.250 e. The van der Waals surface area contributed by atoms with Crippen LogP contribution in [0, 0.1) is 0 Å². The number of rotatable bonds is 2. The zero-order valence-corrected chi connectivity index (χ0v) is 8.83. The second kappa shape index (κ2) is 5.30. The maximum absolute atomic E-state index is 4.03. The summed E-state index contributed by atoms with van der Waals surface area (Å²) in [7, 11) is 1.83. The van der Waals surface area contributed by atoms with Gasteiger partial charge in [-0.15, -0.1) is 0 Å². The third-order valence-corrected chi connectivity index (χ3v) is 1.52. The Bertz CT molecular complexity index is 297. The van der Waals surface area contributed by atoms with E-state index in [2.05, 4.69) is 23.4 Å². The average Bonchev–Trinajstić information content (AvgIpc) is 2.50. The Kier molecular flexibility index (Phi) is 4.74. The lowest BCUT2D eigenvalue weighted by atomic mass is 10.2. The summed E-state index contributed by atoms with van der Waals surface area (Å²) in [5, 5.41) is 4.03. The molecule has 1 rings (SSSR count). The van der Waals surface area contributed by atoms with Crippen LogP contribution < -0.4 is 0 Å². The molecular weight excluding hydrogens is 162 g/mol. The van der Waals surface area contributed by atoms with Gasteiger partial charge in [-0.25, -0.2) is 4.99 Å². The van der Waals surface area contributed by atoms with Gasteiger partial charge in [-0.1, -0.05) is 20.4 Å². The predicted octanol–water partition coefficient (Wildman–Crippen LogP) is 2.81. The van der Waals surface area contributed by atoms with Crippen LogP contribution in [0.1, 0.15) is 26.3 Å². The van der Waals surface area contributed by atoms with Crippen molar-refractivity contribution in [3.63, 3.8) is 0 Å². The lowest BCUT2D eigenvalue weighted by molar-refractivity contribution is 0.771. The van der Waals surface area contributed by atoms with Gasteiger partial charge in [0.1, 0.15) is 0 Å². The highest BCUT2D eigenvalue weighted by Gasteiger charge is 2.05. The van der Waals surface area contributed by atoms with Gasteiger partial charge in [-0.05, 0) is 19.2 Å². The molecule has 0 fully saturated rings. The molecular formula is C10H17N3. The Hall–Kier alpha value is -1.38. The van der Waals surface area contributed by atoms with Crippen LogP contribution in [0.15, 0.2) is 17.8 Å². The Morgan fingerprint density at radius 3 is 2.38 bits per heavy atom. The Morgan fingerprint density at radius 1 is 1.54 bits per heavy atom. The summed E-state index contributed by atoms with van der Waals surface area (Å²) >= 11 is 0. The average molecular weight is 179 g/mol. The molecule has 0 atom stereocenters. The number of nitrogens with zero attached hydrogens (tertiary/aromatic N) is 3. The zero-order valence-electron chi connectivity index (χ0n) is 8.83. The summed E-state index contributed by atoms with van der Waals surface area (Å²) in [5.41, 5.74) is 1.92. The third-order valence-electron chi connectivity index (χ3n) is 1.52. The van der Waals surface area contributed by atoms with E-state index in [0.29, 0.717) is 0 Å². The number of aromatic nitrogens is 2. The minimum atomic E-state index is 0.775. The lowest BCUT2D eigenvalue weighted by Crippen LogP contribution is -1.87. The fourth-order valence-electron chi connectivity index (χ4n) is 0.920. The van der Waals surface area contributed by atoms with E-state index in [1.165, 1.54) is 0 Å². The van der Waals surface area contributed by atoms with E-state index >= 15 is 0 Å². The molecule has 0 spiro atoms. The number of hydrogen-bond acceptors (Lipinski definition) is 2. The first kappa shape index (κ1) is 11.6. The maximum atomic E-state index is 4.03. The van der Waals surface area contributed by atoms with Gasteiger partial charge >= 0.3 is 0 Å². The van der Waals surface area contributed by atoms with Crippen molar-refractivity contribution in [2.24, 2.45) is 12.0 Å². The highest BCUT2D eigenvalue weighted by molar-refractivity contribution is 5.70. The summed E-state index contributed by atoms with van der Waals surface area (Å²) in [4.78, 5) is 3.84. The first-order chi connectivity index (χ1) is 6.16. The smallest absolute Gasteiger partial charge is 0.157 e. The molecule has 0 N–H and O–H groups in total. The van der Waals surface area contributed by atoms with Crippen LogP contribution in [0.5, 0.6) is 0 Å². The predicted molar refractivity (Wildman–Crippen MR) is 58.5 cm³/mol. The van der Waals surface area contributed by atoms with E-state index < -0.39 is 0 Å². The van der Waals surface area contributed by atoms with Gasteiger partial charge in [0.2, 0.25) is 0 Å². The summed E-state index contributed by atoms with van der Waals surface area (Å²) in [6, 6.07) is 0. The SMILES string of the molecule is C=Nc1c(C(=C)C)cnn1C.CC. The molecule has 3 nitrogen and oxygen atoms in total. The molecule has 3 heteroatoms. The van der Waals surface area contributed by atoms with Gasteiger partial charge in [0.15, 0.2) is 5.82 Å². The minimum Gasteiger partial charge on any atom is -0.250 e. The maximum Gasteiger partial charge on any atom is 0.157 e. The Morgan fingerprint density at radius 2 is 2.08 bits per heavy atom. The third kappa shape index (κ3) is 2.54. The topological polar surface area (TPSA) is 30.2 Å². The van der Waals surface area contributed by atoms with Crippen molar-refractivity contribution in [2.45, 2.75) is 20.8 Å². The highest BCUT2D eigenvalue weighted by Crippen LogP contribution is 2.22. The van der Waals surface area contributed by atoms with Crippen LogP contribution in [-0.4, -0.2) is 16.5 Å². The number of hydrogen-bond donors (Lipinski definition) is 0. The second-order valence-electron chi connectivity index (χ2n) is 2.44. The molecule has 0 aromatic carbocycles. The van der Waals surface area contributed by atoms with Gasteiger partial charge in [-0.2, -0.15) is 5.10 Å². The minimum absolute atomic E-state index is 0.775. The van der Waals surface area contributed by atoms with Gasteiger partial charge in [0.25, 0.3) is 0 Å². The molecule has 1 heterocycles. The van der Waals surface area contributed by atoms with Crippen molar-refractivity contribution in [3.8, 4) is 0 Å².